The fraction of sp³-hybridized carbons (Fsp3) is 0.944. The van der Waals surface area contributed by atoms with Crippen LogP contribution in [0.15, 0.2) is 0 Å². The van der Waals surface area contributed by atoms with Crippen molar-refractivity contribution in [1.82, 2.24) is 5.32 Å². The molecule has 0 heterocycles. The summed E-state index contributed by atoms with van der Waals surface area (Å²) in [5.41, 5.74) is -0.564. The van der Waals surface area contributed by atoms with Gasteiger partial charge < -0.3 is 24.4 Å². The first-order chi connectivity index (χ1) is 10.7. The van der Waals surface area contributed by atoms with E-state index in [0.717, 1.165) is 12.8 Å². The molecule has 2 N–H and O–H groups in total. The van der Waals surface area contributed by atoms with Crippen molar-refractivity contribution in [2.24, 2.45) is 0 Å². The Labute approximate surface area is 148 Å². The van der Waals surface area contributed by atoms with Gasteiger partial charge in [0.15, 0.2) is 0 Å². The molecule has 0 aromatic heterocycles. The SMILES string of the molecule is CC(=O)NC(C)(C)CCOC(C)(C)CCOCC(O)C[N+](C)(C)C. The normalized spacial score (nSPS) is 14.5. The molecule has 1 atom stereocenters. The third-order valence-electron chi connectivity index (χ3n) is 3.65. The number of hydrogen-bond acceptors (Lipinski definition) is 4. The third-order valence-corrected chi connectivity index (χ3v) is 3.65. The minimum absolute atomic E-state index is 0.0277. The van der Waals surface area contributed by atoms with Crippen LogP contribution in [-0.4, -0.2) is 80.2 Å². The first kappa shape index (κ1) is 23.3. The van der Waals surface area contributed by atoms with Crippen molar-refractivity contribution in [2.75, 3.05) is 47.5 Å². The van der Waals surface area contributed by atoms with Gasteiger partial charge in [0.25, 0.3) is 0 Å². The van der Waals surface area contributed by atoms with E-state index in [0.29, 0.717) is 30.8 Å². The highest BCUT2D eigenvalue weighted by Crippen LogP contribution is 2.17. The van der Waals surface area contributed by atoms with Crippen molar-refractivity contribution < 1.29 is 23.9 Å². The summed E-state index contributed by atoms with van der Waals surface area (Å²) in [5, 5.41) is 12.8. The molecule has 0 rings (SSSR count). The summed E-state index contributed by atoms with van der Waals surface area (Å²) in [6.07, 6.45) is 1.05. The number of quaternary nitrogens is 1. The average molecular weight is 348 g/mol. The van der Waals surface area contributed by atoms with E-state index < -0.39 is 6.10 Å². The van der Waals surface area contributed by atoms with Crippen LogP contribution in [0, 0.1) is 0 Å². The molecule has 1 amide bonds. The molecule has 0 aliphatic heterocycles. The predicted octanol–water partition coefficient (Wildman–Crippen LogP) is 1.56. The minimum Gasteiger partial charge on any atom is -0.385 e. The van der Waals surface area contributed by atoms with Crippen LogP contribution in [0.4, 0.5) is 0 Å². The first-order valence-corrected chi connectivity index (χ1v) is 8.71. The molecule has 144 valence electrons. The standard InChI is InChI=1S/C18H38N2O4/c1-15(21)19-17(2,3)9-12-24-18(4,5)10-11-23-14-16(22)13-20(6,7)8/h16,22H,9-14H2,1-8H3/p+1. The lowest BCUT2D eigenvalue weighted by molar-refractivity contribution is -0.873. The van der Waals surface area contributed by atoms with Gasteiger partial charge >= 0.3 is 0 Å². The van der Waals surface area contributed by atoms with Gasteiger partial charge in [0.1, 0.15) is 12.6 Å². The molecule has 0 saturated carbocycles. The van der Waals surface area contributed by atoms with Crippen LogP contribution in [0.25, 0.3) is 0 Å². The van der Waals surface area contributed by atoms with E-state index in [1.54, 1.807) is 0 Å². The quantitative estimate of drug-likeness (QED) is 0.415. The second-order valence-electron chi connectivity index (χ2n) is 8.87. The van der Waals surface area contributed by atoms with Gasteiger partial charge in [0.05, 0.1) is 33.4 Å². The summed E-state index contributed by atoms with van der Waals surface area (Å²) in [7, 11) is 6.13. The van der Waals surface area contributed by atoms with Crippen molar-refractivity contribution in [2.45, 2.75) is 64.7 Å². The number of carbonyl (C=O) groups excluding carboxylic acids is 1. The zero-order valence-electron chi connectivity index (χ0n) is 16.9. The number of aliphatic hydroxyl groups is 1. The highest BCUT2D eigenvalue weighted by atomic mass is 16.5. The molecule has 0 radical (unpaired) electrons. The topological polar surface area (TPSA) is 67.8 Å². The van der Waals surface area contributed by atoms with Gasteiger partial charge in [-0.1, -0.05) is 0 Å². The van der Waals surface area contributed by atoms with E-state index in [1.165, 1.54) is 6.92 Å². The summed E-state index contributed by atoms with van der Waals surface area (Å²) in [4.78, 5) is 11.1. The molecule has 0 aromatic carbocycles. The van der Waals surface area contributed by atoms with E-state index in [9.17, 15) is 9.90 Å². The third kappa shape index (κ3) is 13.7. The molecule has 1 unspecified atom stereocenters. The van der Waals surface area contributed by atoms with Crippen LogP contribution in [0.2, 0.25) is 0 Å². The Hall–Kier alpha value is -0.690. The molecule has 0 spiro atoms. The lowest BCUT2D eigenvalue weighted by atomic mass is 10.0. The van der Waals surface area contributed by atoms with E-state index in [2.05, 4.69) is 5.32 Å². The van der Waals surface area contributed by atoms with Crippen molar-refractivity contribution in [3.05, 3.63) is 0 Å². The van der Waals surface area contributed by atoms with Gasteiger partial charge in [0.2, 0.25) is 5.91 Å². The number of likely N-dealkylation sites (N-methyl/N-ethyl adjacent to an activating group) is 1. The van der Waals surface area contributed by atoms with Crippen LogP contribution in [0.5, 0.6) is 0 Å². The number of aliphatic hydroxyl groups excluding tert-OH is 1. The summed E-state index contributed by atoms with van der Waals surface area (Å²) in [6, 6.07) is 0. The van der Waals surface area contributed by atoms with Gasteiger partial charge in [-0.15, -0.1) is 0 Å². The number of rotatable bonds is 12. The zero-order valence-corrected chi connectivity index (χ0v) is 16.9. The van der Waals surface area contributed by atoms with E-state index in [4.69, 9.17) is 9.47 Å². The van der Waals surface area contributed by atoms with Crippen molar-refractivity contribution >= 4 is 5.91 Å². The lowest BCUT2D eigenvalue weighted by Crippen LogP contribution is -2.44. The molecule has 0 aromatic rings. The summed E-state index contributed by atoms with van der Waals surface area (Å²) in [5.74, 6) is -0.0277. The maximum Gasteiger partial charge on any atom is 0.217 e. The maximum atomic E-state index is 11.1. The molecule has 0 fully saturated rings. The van der Waals surface area contributed by atoms with Crippen LogP contribution in [0.1, 0.15) is 47.5 Å². The summed E-state index contributed by atoms with van der Waals surface area (Å²) >= 11 is 0. The van der Waals surface area contributed by atoms with E-state index >= 15 is 0 Å². The molecular weight excluding hydrogens is 308 g/mol. The molecule has 24 heavy (non-hydrogen) atoms. The second-order valence-corrected chi connectivity index (χ2v) is 8.87. The fourth-order valence-corrected chi connectivity index (χ4v) is 2.42. The summed E-state index contributed by atoms with van der Waals surface area (Å²) < 4.78 is 12.2. The first-order valence-electron chi connectivity index (χ1n) is 8.71. The average Bonchev–Trinajstić information content (AvgIpc) is 2.30. The smallest absolute Gasteiger partial charge is 0.217 e. The Morgan fingerprint density at radius 2 is 1.71 bits per heavy atom. The Balaban J connectivity index is 3.96. The van der Waals surface area contributed by atoms with Crippen molar-refractivity contribution in [1.29, 1.82) is 0 Å². The largest absolute Gasteiger partial charge is 0.385 e. The van der Waals surface area contributed by atoms with Gasteiger partial charge in [0, 0.05) is 25.7 Å². The van der Waals surface area contributed by atoms with E-state index in [-0.39, 0.29) is 17.0 Å². The van der Waals surface area contributed by atoms with Gasteiger partial charge in [-0.25, -0.2) is 0 Å². The molecule has 6 nitrogen and oxygen atoms in total. The maximum absolute atomic E-state index is 11.1. The molecule has 6 heteroatoms. The van der Waals surface area contributed by atoms with Crippen LogP contribution < -0.4 is 5.32 Å². The molecular formula is C18H39N2O4+. The van der Waals surface area contributed by atoms with Crippen LogP contribution >= 0.6 is 0 Å². The molecule has 0 bridgehead atoms. The van der Waals surface area contributed by atoms with Gasteiger partial charge in [-0.2, -0.15) is 0 Å². The number of nitrogens with one attached hydrogen (secondary N) is 1. The molecule has 0 aliphatic carbocycles. The highest BCUT2D eigenvalue weighted by molar-refractivity contribution is 5.73. The minimum atomic E-state index is -0.451. The van der Waals surface area contributed by atoms with Crippen LogP contribution in [-0.2, 0) is 14.3 Å². The Bertz CT molecular complexity index is 376. The van der Waals surface area contributed by atoms with Gasteiger partial charge in [-0.05, 0) is 40.5 Å². The lowest BCUT2D eigenvalue weighted by Gasteiger charge is -2.30. The highest BCUT2D eigenvalue weighted by Gasteiger charge is 2.23. The Morgan fingerprint density at radius 3 is 2.21 bits per heavy atom. The predicted molar refractivity (Wildman–Crippen MR) is 96.9 cm³/mol. The number of ether oxygens (including phenoxy) is 2. The van der Waals surface area contributed by atoms with E-state index in [1.807, 2.05) is 48.8 Å². The zero-order chi connectivity index (χ0) is 19.0. The van der Waals surface area contributed by atoms with Crippen LogP contribution in [0.3, 0.4) is 0 Å². The second kappa shape index (κ2) is 9.70. The van der Waals surface area contributed by atoms with Gasteiger partial charge in [-0.3, -0.25) is 4.79 Å². The monoisotopic (exact) mass is 347 g/mol. The Kier molecular flexibility index (Phi) is 9.43. The van der Waals surface area contributed by atoms with Crippen molar-refractivity contribution in [3.63, 3.8) is 0 Å². The molecule has 0 saturated heterocycles. The number of nitrogens with zero attached hydrogens (tertiary/aromatic N) is 1. The summed E-state index contributed by atoms with van der Waals surface area (Å²) in [6.45, 7) is 11.7. The Morgan fingerprint density at radius 1 is 1.12 bits per heavy atom. The molecule has 0 aliphatic rings. The fourth-order valence-electron chi connectivity index (χ4n) is 2.42. The van der Waals surface area contributed by atoms with Crippen molar-refractivity contribution in [3.8, 4) is 0 Å². The number of hydrogen-bond donors (Lipinski definition) is 2. The number of carbonyl (C=O) groups is 1. The number of amides is 1.